The van der Waals surface area contributed by atoms with Crippen molar-refractivity contribution in [3.63, 3.8) is 0 Å². The summed E-state index contributed by atoms with van der Waals surface area (Å²) in [6.07, 6.45) is 4.31. The Morgan fingerprint density at radius 2 is 0.971 bits per heavy atom. The molecule has 0 aliphatic carbocycles. The van der Waals surface area contributed by atoms with Crippen LogP contribution in [0.1, 0.15) is 22.3 Å². The summed E-state index contributed by atoms with van der Waals surface area (Å²) < 4.78 is 17.0. The fraction of sp³-hybridized carbons (Fsp3) is 0.357. The molecule has 0 N–H and O–H groups in total. The smallest absolute Gasteiger partial charge is 0.330 e. The Balaban J connectivity index is 1.80. The minimum absolute atomic E-state index is 0.264. The standard InChI is InChI=1S/C28H38O5Si2/c1-7-27(29)31-21-25-13-9-23(10-14-25)17-19-34(3,4)33-35(5,6)20-18-24-11-15-26(16-12-24)22-32-28(30)8-2/h7-16H,1-2,17-22H2,3-6H3. The number of aryl methyl sites for hydroxylation is 2. The van der Waals surface area contributed by atoms with Crippen molar-refractivity contribution in [2.24, 2.45) is 0 Å². The van der Waals surface area contributed by atoms with Gasteiger partial charge in [0.2, 0.25) is 0 Å². The molecule has 7 heteroatoms. The zero-order chi connectivity index (χ0) is 25.9. The second-order valence-electron chi connectivity index (χ2n) is 9.88. The second-order valence-corrected chi connectivity index (χ2v) is 18.7. The fourth-order valence-electron chi connectivity index (χ4n) is 3.77. The minimum Gasteiger partial charge on any atom is -0.458 e. The van der Waals surface area contributed by atoms with Crippen LogP contribution in [0.2, 0.25) is 38.3 Å². The molecule has 0 fully saturated rings. The summed E-state index contributed by atoms with van der Waals surface area (Å²) in [6.45, 7) is 16.6. The highest BCUT2D eigenvalue weighted by atomic mass is 28.4. The summed E-state index contributed by atoms with van der Waals surface area (Å²) in [4.78, 5) is 22.4. The normalized spacial score (nSPS) is 11.5. The largest absolute Gasteiger partial charge is 0.458 e. The van der Waals surface area contributed by atoms with Crippen LogP contribution in [-0.4, -0.2) is 28.6 Å². The van der Waals surface area contributed by atoms with Gasteiger partial charge in [0.05, 0.1) is 0 Å². The van der Waals surface area contributed by atoms with Gasteiger partial charge in [-0.3, -0.25) is 0 Å². The maximum Gasteiger partial charge on any atom is 0.330 e. The summed E-state index contributed by atoms with van der Waals surface area (Å²) in [6, 6.07) is 18.6. The maximum atomic E-state index is 11.2. The van der Waals surface area contributed by atoms with Gasteiger partial charge in [0, 0.05) is 12.2 Å². The molecule has 35 heavy (non-hydrogen) atoms. The van der Waals surface area contributed by atoms with Crippen molar-refractivity contribution in [2.75, 3.05) is 0 Å². The van der Waals surface area contributed by atoms with Crippen LogP contribution in [0.15, 0.2) is 73.8 Å². The van der Waals surface area contributed by atoms with Gasteiger partial charge in [-0.1, -0.05) is 61.7 Å². The molecule has 2 aromatic carbocycles. The van der Waals surface area contributed by atoms with Gasteiger partial charge in [0.1, 0.15) is 13.2 Å². The molecule has 0 amide bonds. The highest BCUT2D eigenvalue weighted by Crippen LogP contribution is 2.25. The predicted molar refractivity (Wildman–Crippen MR) is 146 cm³/mol. The zero-order valence-electron chi connectivity index (χ0n) is 21.5. The van der Waals surface area contributed by atoms with Crippen LogP contribution >= 0.6 is 0 Å². The van der Waals surface area contributed by atoms with Crippen LogP contribution < -0.4 is 0 Å². The third kappa shape index (κ3) is 11.0. The molecule has 188 valence electrons. The summed E-state index contributed by atoms with van der Waals surface area (Å²) >= 11 is 0. The monoisotopic (exact) mass is 510 g/mol. The molecule has 0 bridgehead atoms. The highest BCUT2D eigenvalue weighted by Gasteiger charge is 2.32. The van der Waals surface area contributed by atoms with E-state index >= 15 is 0 Å². The van der Waals surface area contributed by atoms with Crippen LogP contribution in [0.3, 0.4) is 0 Å². The molecule has 0 unspecified atom stereocenters. The van der Waals surface area contributed by atoms with E-state index in [9.17, 15) is 9.59 Å². The highest BCUT2D eigenvalue weighted by molar-refractivity contribution is 6.84. The Bertz CT molecular complexity index is 914. The van der Waals surface area contributed by atoms with Gasteiger partial charge in [0.25, 0.3) is 0 Å². The van der Waals surface area contributed by atoms with Crippen LogP contribution in [0.25, 0.3) is 0 Å². The number of benzene rings is 2. The number of carbonyl (C=O) groups excluding carboxylic acids is 2. The number of hydrogen-bond donors (Lipinski definition) is 0. The van der Waals surface area contributed by atoms with E-state index < -0.39 is 28.6 Å². The molecular formula is C28H38O5Si2. The summed E-state index contributed by atoms with van der Waals surface area (Å²) in [5.74, 6) is -0.816. The molecule has 0 spiro atoms. The van der Waals surface area contributed by atoms with Crippen molar-refractivity contribution >= 4 is 28.6 Å². The molecule has 2 rings (SSSR count). The second kappa shape index (κ2) is 13.4. The van der Waals surface area contributed by atoms with E-state index in [2.05, 4.69) is 63.6 Å². The average molecular weight is 511 g/mol. The molecule has 0 aliphatic rings. The lowest BCUT2D eigenvalue weighted by Crippen LogP contribution is -2.44. The van der Waals surface area contributed by atoms with Gasteiger partial charge < -0.3 is 13.6 Å². The number of esters is 2. The van der Waals surface area contributed by atoms with Gasteiger partial charge in [-0.25, -0.2) is 9.59 Å². The molecule has 0 saturated heterocycles. The molecule has 0 saturated carbocycles. The Hall–Kier alpha value is -2.75. The first kappa shape index (κ1) is 28.5. The van der Waals surface area contributed by atoms with Crippen molar-refractivity contribution in [1.82, 2.24) is 0 Å². The van der Waals surface area contributed by atoms with E-state index in [4.69, 9.17) is 13.6 Å². The number of rotatable bonds is 14. The Morgan fingerprint density at radius 3 is 1.29 bits per heavy atom. The van der Waals surface area contributed by atoms with Gasteiger partial charge in [-0.2, -0.15) is 0 Å². The Kier molecular flexibility index (Phi) is 10.9. The number of hydrogen-bond acceptors (Lipinski definition) is 5. The molecule has 2 aromatic rings. The molecule has 0 radical (unpaired) electrons. The molecule has 0 heterocycles. The van der Waals surface area contributed by atoms with Crippen molar-refractivity contribution in [2.45, 2.75) is 64.3 Å². The molecular weight excluding hydrogens is 472 g/mol. The Morgan fingerprint density at radius 1 is 0.657 bits per heavy atom. The molecule has 0 aromatic heterocycles. The number of ether oxygens (including phenoxy) is 2. The van der Waals surface area contributed by atoms with E-state index in [1.807, 2.05) is 24.3 Å². The topological polar surface area (TPSA) is 61.8 Å². The lowest BCUT2D eigenvalue weighted by molar-refractivity contribution is -0.139. The lowest BCUT2D eigenvalue weighted by Gasteiger charge is -2.34. The summed E-state index contributed by atoms with van der Waals surface area (Å²) in [7, 11) is -3.64. The van der Waals surface area contributed by atoms with Crippen LogP contribution in [-0.2, 0) is 49.2 Å². The van der Waals surface area contributed by atoms with E-state index in [0.29, 0.717) is 0 Å². The van der Waals surface area contributed by atoms with E-state index in [0.717, 1.165) is 36.1 Å². The number of carbonyl (C=O) groups is 2. The lowest BCUT2D eigenvalue weighted by atomic mass is 10.1. The molecule has 5 nitrogen and oxygen atoms in total. The van der Waals surface area contributed by atoms with E-state index in [1.54, 1.807) is 0 Å². The third-order valence-corrected chi connectivity index (χ3v) is 13.1. The van der Waals surface area contributed by atoms with Gasteiger partial charge in [-0.15, -0.1) is 0 Å². The minimum atomic E-state index is -1.82. The first-order chi connectivity index (χ1) is 16.5. The van der Waals surface area contributed by atoms with E-state index in [-0.39, 0.29) is 13.2 Å². The summed E-state index contributed by atoms with van der Waals surface area (Å²) in [5.41, 5.74) is 4.48. The SMILES string of the molecule is C=CC(=O)OCc1ccc(CC[Si](C)(C)O[Si](C)(C)CCc2ccc(COC(=O)C=C)cc2)cc1. The molecule has 0 atom stereocenters. The van der Waals surface area contributed by atoms with Crippen LogP contribution in [0, 0.1) is 0 Å². The van der Waals surface area contributed by atoms with E-state index in [1.165, 1.54) is 23.3 Å². The molecule has 0 aliphatic heterocycles. The maximum absolute atomic E-state index is 11.2. The van der Waals surface area contributed by atoms with Crippen LogP contribution in [0.4, 0.5) is 0 Å². The Labute approximate surface area is 212 Å². The van der Waals surface area contributed by atoms with Crippen molar-refractivity contribution in [3.05, 3.63) is 96.1 Å². The predicted octanol–water partition coefficient (Wildman–Crippen LogP) is 6.36. The van der Waals surface area contributed by atoms with Gasteiger partial charge in [0.15, 0.2) is 16.6 Å². The van der Waals surface area contributed by atoms with Gasteiger partial charge >= 0.3 is 11.9 Å². The van der Waals surface area contributed by atoms with Gasteiger partial charge in [-0.05, 0) is 73.4 Å². The average Bonchev–Trinajstić information content (AvgIpc) is 2.84. The quantitative estimate of drug-likeness (QED) is 0.168. The van der Waals surface area contributed by atoms with Crippen molar-refractivity contribution in [3.8, 4) is 0 Å². The van der Waals surface area contributed by atoms with Crippen molar-refractivity contribution < 1.29 is 23.2 Å². The first-order valence-electron chi connectivity index (χ1n) is 12.0. The fourth-order valence-corrected chi connectivity index (χ4v) is 12.4. The first-order valence-corrected chi connectivity index (χ1v) is 18.2. The third-order valence-electron chi connectivity index (χ3n) is 5.73. The van der Waals surface area contributed by atoms with Crippen molar-refractivity contribution in [1.29, 1.82) is 0 Å². The van der Waals surface area contributed by atoms with Crippen LogP contribution in [0.5, 0.6) is 0 Å². The summed E-state index contributed by atoms with van der Waals surface area (Å²) in [5, 5.41) is 0. The zero-order valence-corrected chi connectivity index (χ0v) is 23.5.